The smallest absolute Gasteiger partial charge is 0.142 e. The van der Waals surface area contributed by atoms with Gasteiger partial charge >= 0.3 is 0 Å². The molecule has 0 aliphatic carbocycles. The van der Waals surface area contributed by atoms with Crippen LogP contribution in [0, 0.1) is 5.82 Å². The van der Waals surface area contributed by atoms with Crippen molar-refractivity contribution in [3.63, 3.8) is 0 Å². The van der Waals surface area contributed by atoms with Crippen LogP contribution in [0.2, 0.25) is 10.2 Å². The van der Waals surface area contributed by atoms with E-state index >= 15 is 0 Å². The molecule has 0 spiro atoms. The molecule has 0 aliphatic heterocycles. The predicted molar refractivity (Wildman–Crippen MR) is 79.1 cm³/mol. The molecule has 2 atom stereocenters. The third-order valence-electron chi connectivity index (χ3n) is 3.30. The maximum absolute atomic E-state index is 13.5. The number of aromatic nitrogens is 1. The van der Waals surface area contributed by atoms with E-state index in [-0.39, 0.29) is 5.02 Å². The van der Waals surface area contributed by atoms with Gasteiger partial charge < -0.3 is 11.5 Å². The summed E-state index contributed by atoms with van der Waals surface area (Å²) in [6.07, 6.45) is 1.56. The van der Waals surface area contributed by atoms with E-state index in [2.05, 4.69) is 4.98 Å². The van der Waals surface area contributed by atoms with Crippen LogP contribution in [0.25, 0.3) is 0 Å². The minimum absolute atomic E-state index is 0.0489. The molecule has 106 valence electrons. The van der Waals surface area contributed by atoms with Gasteiger partial charge in [-0.25, -0.2) is 9.37 Å². The summed E-state index contributed by atoms with van der Waals surface area (Å²) in [5, 5.41) is 0.420. The second-order valence-corrected chi connectivity index (χ2v) is 5.60. The van der Waals surface area contributed by atoms with Crippen molar-refractivity contribution in [2.45, 2.75) is 18.5 Å². The molecular formula is C14H14Cl2FN3. The number of halogens is 3. The summed E-state index contributed by atoms with van der Waals surface area (Å²) in [6, 6.07) is 7.18. The van der Waals surface area contributed by atoms with Crippen molar-refractivity contribution >= 4 is 23.2 Å². The van der Waals surface area contributed by atoms with Crippen molar-refractivity contribution < 1.29 is 4.39 Å². The Bertz CT molecular complexity index is 614. The van der Waals surface area contributed by atoms with Crippen LogP contribution in [0.4, 0.5) is 4.39 Å². The van der Waals surface area contributed by atoms with Crippen molar-refractivity contribution in [3.05, 3.63) is 63.6 Å². The molecule has 0 amide bonds. The first-order valence-electron chi connectivity index (χ1n) is 5.94. The molecule has 2 aromatic rings. The SMILES string of the molecule is C[C@@](N)(c1ccc(Cl)nc1)[C@@H](N)c1ccc(Cl)c(F)c1. The van der Waals surface area contributed by atoms with E-state index in [9.17, 15) is 4.39 Å². The summed E-state index contributed by atoms with van der Waals surface area (Å²) in [5.74, 6) is -0.523. The first kappa shape index (κ1) is 15.2. The maximum Gasteiger partial charge on any atom is 0.142 e. The Morgan fingerprint density at radius 1 is 1.25 bits per heavy atom. The third-order valence-corrected chi connectivity index (χ3v) is 3.83. The van der Waals surface area contributed by atoms with Gasteiger partial charge in [-0.2, -0.15) is 0 Å². The average Bonchev–Trinajstić information content (AvgIpc) is 2.41. The Balaban J connectivity index is 2.37. The molecule has 0 radical (unpaired) electrons. The zero-order chi connectivity index (χ0) is 14.9. The molecule has 0 bridgehead atoms. The number of benzene rings is 1. The van der Waals surface area contributed by atoms with Gasteiger partial charge in [-0.3, -0.25) is 0 Å². The lowest BCUT2D eigenvalue weighted by atomic mass is 9.83. The normalized spacial score (nSPS) is 15.7. The Kier molecular flexibility index (Phi) is 4.30. The predicted octanol–water partition coefficient (Wildman–Crippen LogP) is 3.40. The standard InChI is InChI=1S/C14H14Cl2FN3/c1-14(19,9-3-5-12(16)20-7-9)13(18)8-2-4-10(15)11(17)6-8/h2-7,13H,18-19H2,1H3/t13-,14+/m0/s1. The van der Waals surface area contributed by atoms with E-state index in [4.69, 9.17) is 34.7 Å². The van der Waals surface area contributed by atoms with E-state index < -0.39 is 17.4 Å². The summed E-state index contributed by atoms with van der Waals surface area (Å²) < 4.78 is 13.5. The Morgan fingerprint density at radius 3 is 2.50 bits per heavy atom. The lowest BCUT2D eigenvalue weighted by molar-refractivity contribution is 0.394. The monoisotopic (exact) mass is 313 g/mol. The van der Waals surface area contributed by atoms with Crippen molar-refractivity contribution in [2.75, 3.05) is 0 Å². The second-order valence-electron chi connectivity index (χ2n) is 4.80. The van der Waals surface area contributed by atoms with Crippen LogP contribution in [-0.2, 0) is 5.54 Å². The highest BCUT2D eigenvalue weighted by Crippen LogP contribution is 2.32. The number of hydrogen-bond acceptors (Lipinski definition) is 3. The highest BCUT2D eigenvalue weighted by molar-refractivity contribution is 6.30. The largest absolute Gasteiger partial charge is 0.322 e. The fourth-order valence-corrected chi connectivity index (χ4v) is 2.16. The molecule has 1 aromatic carbocycles. The molecule has 0 saturated carbocycles. The molecule has 1 aromatic heterocycles. The van der Waals surface area contributed by atoms with Gasteiger partial charge in [0.15, 0.2) is 0 Å². The summed E-state index contributed by atoms with van der Waals surface area (Å²) in [6.45, 7) is 1.76. The van der Waals surface area contributed by atoms with Gasteiger partial charge in [-0.1, -0.05) is 35.3 Å². The minimum Gasteiger partial charge on any atom is -0.322 e. The minimum atomic E-state index is -0.919. The molecule has 0 fully saturated rings. The fourth-order valence-electron chi connectivity index (χ4n) is 1.93. The van der Waals surface area contributed by atoms with Crippen molar-refractivity contribution in [3.8, 4) is 0 Å². The number of nitrogens with zero attached hydrogens (tertiary/aromatic N) is 1. The zero-order valence-electron chi connectivity index (χ0n) is 10.8. The van der Waals surface area contributed by atoms with E-state index in [0.717, 1.165) is 0 Å². The molecule has 3 nitrogen and oxygen atoms in total. The number of pyridine rings is 1. The van der Waals surface area contributed by atoms with Crippen molar-refractivity contribution in [2.24, 2.45) is 11.5 Å². The van der Waals surface area contributed by atoms with Crippen LogP contribution in [0.1, 0.15) is 24.1 Å². The van der Waals surface area contributed by atoms with Crippen LogP contribution < -0.4 is 11.5 Å². The molecule has 0 aliphatic rings. The molecule has 0 unspecified atom stereocenters. The maximum atomic E-state index is 13.5. The van der Waals surface area contributed by atoms with E-state index in [0.29, 0.717) is 16.3 Å². The van der Waals surface area contributed by atoms with Crippen molar-refractivity contribution in [1.29, 1.82) is 0 Å². The number of hydrogen-bond donors (Lipinski definition) is 2. The van der Waals surface area contributed by atoms with Gasteiger partial charge in [0.2, 0.25) is 0 Å². The molecule has 4 N–H and O–H groups in total. The molecule has 20 heavy (non-hydrogen) atoms. The third kappa shape index (κ3) is 2.94. The molecule has 0 saturated heterocycles. The van der Waals surface area contributed by atoms with Crippen LogP contribution in [-0.4, -0.2) is 4.98 Å². The summed E-state index contributed by atoms with van der Waals surface area (Å²) in [5.41, 5.74) is 12.8. The highest BCUT2D eigenvalue weighted by atomic mass is 35.5. The van der Waals surface area contributed by atoms with E-state index in [1.807, 2.05) is 0 Å². The van der Waals surface area contributed by atoms with Gasteiger partial charge in [-0.05, 0) is 36.2 Å². The highest BCUT2D eigenvalue weighted by Gasteiger charge is 2.31. The van der Waals surface area contributed by atoms with E-state index in [1.54, 1.807) is 31.3 Å². The first-order valence-corrected chi connectivity index (χ1v) is 6.69. The first-order chi connectivity index (χ1) is 9.32. The van der Waals surface area contributed by atoms with Gasteiger partial charge in [0.05, 0.1) is 16.6 Å². The lowest BCUT2D eigenvalue weighted by Gasteiger charge is -2.32. The van der Waals surface area contributed by atoms with Crippen LogP contribution >= 0.6 is 23.2 Å². The van der Waals surface area contributed by atoms with Crippen LogP contribution in [0.3, 0.4) is 0 Å². The van der Waals surface area contributed by atoms with Gasteiger partial charge in [0.25, 0.3) is 0 Å². The Morgan fingerprint density at radius 2 is 1.95 bits per heavy atom. The average molecular weight is 314 g/mol. The number of nitrogens with two attached hydrogens (primary N) is 2. The molecule has 2 rings (SSSR count). The molecule has 6 heteroatoms. The summed E-state index contributed by atoms with van der Waals surface area (Å²) in [7, 11) is 0. The molecular weight excluding hydrogens is 300 g/mol. The van der Waals surface area contributed by atoms with E-state index in [1.165, 1.54) is 12.1 Å². The van der Waals surface area contributed by atoms with Crippen LogP contribution in [0.5, 0.6) is 0 Å². The van der Waals surface area contributed by atoms with Crippen LogP contribution in [0.15, 0.2) is 36.5 Å². The van der Waals surface area contributed by atoms with Gasteiger partial charge in [0, 0.05) is 6.20 Å². The second kappa shape index (κ2) is 5.66. The Hall–Kier alpha value is -1.20. The van der Waals surface area contributed by atoms with Crippen molar-refractivity contribution in [1.82, 2.24) is 4.98 Å². The quantitative estimate of drug-likeness (QED) is 0.853. The number of rotatable bonds is 3. The van der Waals surface area contributed by atoms with Gasteiger partial charge in [0.1, 0.15) is 11.0 Å². The summed E-state index contributed by atoms with van der Waals surface area (Å²) >= 11 is 11.4. The summed E-state index contributed by atoms with van der Waals surface area (Å²) in [4.78, 5) is 3.99. The fraction of sp³-hybridized carbons (Fsp3) is 0.214. The molecule has 1 heterocycles. The Labute approximate surface area is 126 Å². The topological polar surface area (TPSA) is 64.9 Å². The lowest BCUT2D eigenvalue weighted by Crippen LogP contribution is -2.44. The van der Waals surface area contributed by atoms with Gasteiger partial charge in [-0.15, -0.1) is 0 Å². The zero-order valence-corrected chi connectivity index (χ0v) is 12.3.